The van der Waals surface area contributed by atoms with E-state index in [-0.39, 0.29) is 17.9 Å². The molecule has 0 saturated heterocycles. The maximum Gasteiger partial charge on any atom is 0.240 e. The van der Waals surface area contributed by atoms with E-state index >= 15 is 0 Å². The van der Waals surface area contributed by atoms with E-state index in [9.17, 15) is 21.6 Å². The van der Waals surface area contributed by atoms with E-state index < -0.39 is 26.0 Å². The predicted octanol–water partition coefficient (Wildman–Crippen LogP) is 2.29. The molecule has 0 fully saturated rings. The van der Waals surface area contributed by atoms with Crippen molar-refractivity contribution in [1.82, 2.24) is 4.72 Å². The van der Waals surface area contributed by atoms with Gasteiger partial charge in [-0.25, -0.2) is 21.6 Å². The van der Waals surface area contributed by atoms with Crippen LogP contribution in [0.25, 0.3) is 0 Å². The van der Waals surface area contributed by atoms with Crippen molar-refractivity contribution in [3.63, 3.8) is 0 Å². The van der Waals surface area contributed by atoms with Gasteiger partial charge >= 0.3 is 0 Å². The molecule has 0 atom stereocenters. The molecule has 2 rings (SSSR count). The van der Waals surface area contributed by atoms with Crippen LogP contribution in [0.4, 0.5) is 11.4 Å². The summed E-state index contributed by atoms with van der Waals surface area (Å²) in [5, 5.41) is 2.63. The maximum absolute atomic E-state index is 12.5. The molecule has 2 aromatic carbocycles. The molecule has 1 amide bonds. The second kappa shape index (κ2) is 8.93. The Kier molecular flexibility index (Phi) is 7.04. The molecule has 0 aliphatic heterocycles. The van der Waals surface area contributed by atoms with Gasteiger partial charge in [0.15, 0.2) is 0 Å². The molecule has 8 nitrogen and oxygen atoms in total. The summed E-state index contributed by atoms with van der Waals surface area (Å²) in [7, 11) is -7.17. The lowest BCUT2D eigenvalue weighted by atomic mass is 10.2. The molecule has 2 aromatic rings. The molecule has 0 spiro atoms. The molecule has 0 aromatic heterocycles. The largest absolute Gasteiger partial charge is 0.326 e. The number of carbonyl (C=O) groups is 1. The Morgan fingerprint density at radius 3 is 2.24 bits per heavy atom. The van der Waals surface area contributed by atoms with E-state index in [1.54, 1.807) is 45.0 Å². The van der Waals surface area contributed by atoms with Gasteiger partial charge in [-0.2, -0.15) is 0 Å². The Balaban J connectivity index is 1.98. The third-order valence-electron chi connectivity index (χ3n) is 4.09. The van der Waals surface area contributed by atoms with E-state index in [1.807, 2.05) is 6.07 Å². The average molecular weight is 440 g/mol. The van der Waals surface area contributed by atoms with Crippen molar-refractivity contribution < 1.29 is 21.6 Å². The van der Waals surface area contributed by atoms with Crippen LogP contribution >= 0.6 is 0 Å². The number of hydrogen-bond acceptors (Lipinski definition) is 5. The van der Waals surface area contributed by atoms with Gasteiger partial charge in [-0.1, -0.05) is 18.2 Å². The number of amides is 1. The fraction of sp³-hybridized carbons (Fsp3) is 0.316. The van der Waals surface area contributed by atoms with Crippen molar-refractivity contribution in [1.29, 1.82) is 0 Å². The van der Waals surface area contributed by atoms with Crippen LogP contribution in [0.15, 0.2) is 41.3 Å². The third-order valence-corrected chi connectivity index (χ3v) is 6.29. The second-order valence-electron chi connectivity index (χ2n) is 6.87. The molecule has 0 heterocycles. The van der Waals surface area contributed by atoms with Crippen LogP contribution in [0.5, 0.6) is 0 Å². The molecule has 158 valence electrons. The first-order valence-corrected chi connectivity index (χ1v) is 12.2. The highest BCUT2D eigenvalue weighted by Gasteiger charge is 2.17. The van der Waals surface area contributed by atoms with Crippen LogP contribution in [0.1, 0.15) is 23.1 Å². The lowest BCUT2D eigenvalue weighted by Crippen LogP contribution is -2.28. The predicted molar refractivity (Wildman–Crippen MR) is 114 cm³/mol. The van der Waals surface area contributed by atoms with Gasteiger partial charge in [0.1, 0.15) is 0 Å². The first-order chi connectivity index (χ1) is 13.4. The molecule has 0 aliphatic rings. The number of rotatable bonds is 8. The smallest absolute Gasteiger partial charge is 0.240 e. The summed E-state index contributed by atoms with van der Waals surface area (Å²) >= 11 is 0. The van der Waals surface area contributed by atoms with Gasteiger partial charge in [0.05, 0.1) is 16.8 Å². The molecule has 0 bridgehead atoms. The summed E-state index contributed by atoms with van der Waals surface area (Å²) in [5.41, 5.74) is 2.92. The number of hydrogen-bond donors (Lipinski definition) is 3. The number of benzene rings is 2. The van der Waals surface area contributed by atoms with Crippen molar-refractivity contribution in [2.24, 2.45) is 0 Å². The van der Waals surface area contributed by atoms with E-state index in [2.05, 4.69) is 14.8 Å². The minimum Gasteiger partial charge on any atom is -0.326 e. The first kappa shape index (κ1) is 22.9. The van der Waals surface area contributed by atoms with Gasteiger partial charge in [-0.15, -0.1) is 0 Å². The van der Waals surface area contributed by atoms with Crippen LogP contribution in [-0.2, 0) is 24.8 Å². The lowest BCUT2D eigenvalue weighted by molar-refractivity contribution is -0.116. The lowest BCUT2D eigenvalue weighted by Gasteiger charge is -2.12. The van der Waals surface area contributed by atoms with Gasteiger partial charge in [0, 0.05) is 18.7 Å². The van der Waals surface area contributed by atoms with Crippen LogP contribution < -0.4 is 14.8 Å². The van der Waals surface area contributed by atoms with Gasteiger partial charge in [-0.3, -0.25) is 9.52 Å². The number of carbonyl (C=O) groups excluding carboxylic acids is 1. The Labute approximate surface area is 171 Å². The highest BCUT2D eigenvalue weighted by molar-refractivity contribution is 7.92. The number of aryl methyl sites for hydroxylation is 3. The van der Waals surface area contributed by atoms with Gasteiger partial charge in [0.25, 0.3) is 0 Å². The van der Waals surface area contributed by atoms with Crippen molar-refractivity contribution in [3.05, 3.63) is 53.1 Å². The zero-order chi connectivity index (χ0) is 21.8. The molecule has 3 N–H and O–H groups in total. The average Bonchev–Trinajstić information content (AvgIpc) is 2.58. The zero-order valence-corrected chi connectivity index (χ0v) is 18.4. The van der Waals surface area contributed by atoms with Crippen molar-refractivity contribution in [3.8, 4) is 0 Å². The molecule has 0 aliphatic carbocycles. The van der Waals surface area contributed by atoms with Gasteiger partial charge < -0.3 is 5.32 Å². The van der Waals surface area contributed by atoms with Crippen LogP contribution in [-0.4, -0.2) is 35.5 Å². The van der Waals surface area contributed by atoms with Crippen molar-refractivity contribution in [2.45, 2.75) is 32.1 Å². The number of anilines is 2. The topological polar surface area (TPSA) is 121 Å². The Hall–Kier alpha value is -2.43. The quantitative estimate of drug-likeness (QED) is 0.583. The summed E-state index contributed by atoms with van der Waals surface area (Å²) in [6, 6.07) is 9.97. The molecular weight excluding hydrogens is 414 g/mol. The molecule has 10 heteroatoms. The Morgan fingerprint density at radius 1 is 0.931 bits per heavy atom. The summed E-state index contributed by atoms with van der Waals surface area (Å²) < 4.78 is 52.6. The van der Waals surface area contributed by atoms with Crippen LogP contribution in [0, 0.1) is 20.8 Å². The first-order valence-electron chi connectivity index (χ1n) is 8.82. The molecule has 0 unspecified atom stereocenters. The fourth-order valence-electron chi connectivity index (χ4n) is 2.61. The summed E-state index contributed by atoms with van der Waals surface area (Å²) in [6.45, 7) is 5.18. The van der Waals surface area contributed by atoms with E-state index in [0.29, 0.717) is 22.5 Å². The van der Waals surface area contributed by atoms with Crippen LogP contribution in [0.2, 0.25) is 0 Å². The summed E-state index contributed by atoms with van der Waals surface area (Å²) in [5.74, 6) is -0.400. The minimum absolute atomic E-state index is 0.0676. The Bertz CT molecular complexity index is 1130. The minimum atomic E-state index is -3.72. The SMILES string of the molecule is Cc1ccc(C)c(S(=O)(=O)NCCC(=O)Nc2ccc(C)c(NS(C)(=O)=O)c2)c1. The highest BCUT2D eigenvalue weighted by Crippen LogP contribution is 2.21. The second-order valence-corrected chi connectivity index (χ2v) is 10.4. The van der Waals surface area contributed by atoms with E-state index in [0.717, 1.165) is 11.8 Å². The maximum atomic E-state index is 12.5. The summed E-state index contributed by atoms with van der Waals surface area (Å²) in [4.78, 5) is 12.3. The molecule has 29 heavy (non-hydrogen) atoms. The zero-order valence-electron chi connectivity index (χ0n) is 16.7. The molecule has 0 saturated carbocycles. The molecule has 0 radical (unpaired) electrons. The van der Waals surface area contributed by atoms with Crippen LogP contribution in [0.3, 0.4) is 0 Å². The third kappa shape index (κ3) is 6.84. The van der Waals surface area contributed by atoms with E-state index in [4.69, 9.17) is 0 Å². The van der Waals surface area contributed by atoms with E-state index in [1.165, 1.54) is 6.07 Å². The Morgan fingerprint density at radius 2 is 1.59 bits per heavy atom. The summed E-state index contributed by atoms with van der Waals surface area (Å²) in [6.07, 6.45) is 0.965. The number of sulfonamides is 2. The monoisotopic (exact) mass is 439 g/mol. The molecular formula is C19H25N3O5S2. The standard InChI is InChI=1S/C19H25N3O5S2/c1-13-5-6-15(3)18(11-13)29(26,27)20-10-9-19(23)21-16-8-7-14(2)17(12-16)22-28(4,24)25/h5-8,11-12,20,22H,9-10H2,1-4H3,(H,21,23). The number of nitrogens with one attached hydrogen (secondary N) is 3. The normalized spacial score (nSPS) is 11.9. The van der Waals surface area contributed by atoms with Crippen molar-refractivity contribution in [2.75, 3.05) is 22.8 Å². The highest BCUT2D eigenvalue weighted by atomic mass is 32.2. The van der Waals surface area contributed by atoms with Gasteiger partial charge in [-0.05, 0) is 55.7 Å². The van der Waals surface area contributed by atoms with Gasteiger partial charge in [0.2, 0.25) is 26.0 Å². The fourth-order valence-corrected chi connectivity index (χ4v) is 4.59. The van der Waals surface area contributed by atoms with Crippen molar-refractivity contribution >= 4 is 37.3 Å².